The number of aliphatic imine (C=N–C) groups is 1. The van der Waals surface area contributed by atoms with Crippen molar-refractivity contribution in [2.75, 3.05) is 0 Å². The lowest BCUT2D eigenvalue weighted by atomic mass is 9.64. The van der Waals surface area contributed by atoms with Crippen molar-refractivity contribution in [2.24, 2.45) is 4.99 Å². The number of hydrogen-bond donors (Lipinski definition) is 1. The molecule has 0 aromatic heterocycles. The Morgan fingerprint density at radius 2 is 1.12 bits per heavy atom. The number of fused-ring (bicyclic) bond motifs is 8. The lowest BCUT2D eigenvalue weighted by Crippen LogP contribution is -2.35. The Bertz CT molecular complexity index is 2750. The van der Waals surface area contributed by atoms with Crippen LogP contribution in [0.5, 0.6) is 5.75 Å². The molecule has 0 radical (unpaired) electrons. The summed E-state index contributed by atoms with van der Waals surface area (Å²) in [5.74, 6) is 2.11. The van der Waals surface area contributed by atoms with Gasteiger partial charge in [0.05, 0.1) is 11.1 Å². The number of para-hydroxylation sites is 1. The SMILES string of the molecule is C1=CC(c2cccc(C3=NC(c4ccccc4)NC(c4ccccc4-c4ccccc4)=C3)c2)CC2=C1C1(c3ccccc3O2)c2ccccc2-c2ccccc21. The van der Waals surface area contributed by atoms with Crippen LogP contribution in [0.15, 0.2) is 217 Å². The number of allylic oxidation sites excluding steroid dienone is 5. The summed E-state index contributed by atoms with van der Waals surface area (Å²) in [5.41, 5.74) is 16.2. The van der Waals surface area contributed by atoms with Gasteiger partial charge in [0.2, 0.25) is 0 Å². The Hall–Kier alpha value is -6.97. The van der Waals surface area contributed by atoms with Crippen molar-refractivity contribution in [3.8, 4) is 28.0 Å². The van der Waals surface area contributed by atoms with Gasteiger partial charge in [0.15, 0.2) is 0 Å². The van der Waals surface area contributed by atoms with Crippen LogP contribution in [-0.4, -0.2) is 5.71 Å². The zero-order chi connectivity index (χ0) is 37.1. The molecule has 2 heterocycles. The van der Waals surface area contributed by atoms with E-state index in [4.69, 9.17) is 9.73 Å². The summed E-state index contributed by atoms with van der Waals surface area (Å²) in [6, 6.07) is 65.2. The highest BCUT2D eigenvalue weighted by Crippen LogP contribution is 2.61. The number of nitrogens with one attached hydrogen (secondary N) is 1. The largest absolute Gasteiger partial charge is 0.461 e. The highest BCUT2D eigenvalue weighted by molar-refractivity contribution is 6.13. The van der Waals surface area contributed by atoms with Gasteiger partial charge in [0.25, 0.3) is 0 Å². The minimum absolute atomic E-state index is 0.136. The van der Waals surface area contributed by atoms with E-state index >= 15 is 0 Å². The monoisotopic (exact) mass is 718 g/mol. The molecule has 266 valence electrons. The fourth-order valence-electron chi connectivity index (χ4n) is 9.46. The van der Waals surface area contributed by atoms with E-state index in [1.807, 2.05) is 0 Å². The minimum Gasteiger partial charge on any atom is -0.461 e. The molecule has 2 aliphatic heterocycles. The van der Waals surface area contributed by atoms with Gasteiger partial charge in [-0.3, -0.25) is 4.99 Å². The summed E-state index contributed by atoms with van der Waals surface area (Å²) >= 11 is 0. The molecule has 0 bridgehead atoms. The highest BCUT2D eigenvalue weighted by Gasteiger charge is 2.52. The summed E-state index contributed by atoms with van der Waals surface area (Å²) in [5, 5.41) is 3.79. The maximum Gasteiger partial charge on any atom is 0.145 e. The molecule has 0 fully saturated rings. The van der Waals surface area contributed by atoms with E-state index in [1.54, 1.807) is 0 Å². The normalized spacial score (nSPS) is 18.4. The second-order valence-corrected chi connectivity index (χ2v) is 15.0. The van der Waals surface area contributed by atoms with Gasteiger partial charge in [0, 0.05) is 40.3 Å². The predicted octanol–water partition coefficient (Wildman–Crippen LogP) is 12.2. The number of ether oxygens (including phenoxy) is 1. The second-order valence-electron chi connectivity index (χ2n) is 15.0. The van der Waals surface area contributed by atoms with Gasteiger partial charge in [-0.05, 0) is 62.7 Å². The average Bonchev–Trinajstić information content (AvgIpc) is 3.57. The zero-order valence-corrected chi connectivity index (χ0v) is 30.8. The molecule has 7 aromatic rings. The molecule has 3 nitrogen and oxygen atoms in total. The van der Waals surface area contributed by atoms with E-state index in [0.29, 0.717) is 0 Å². The lowest BCUT2D eigenvalue weighted by molar-refractivity contribution is 0.357. The molecule has 1 spiro atoms. The first kappa shape index (κ1) is 32.5. The quantitative estimate of drug-likeness (QED) is 0.192. The highest BCUT2D eigenvalue weighted by atomic mass is 16.5. The summed E-state index contributed by atoms with van der Waals surface area (Å²) in [7, 11) is 0. The maximum atomic E-state index is 6.91. The Labute approximate surface area is 327 Å². The summed E-state index contributed by atoms with van der Waals surface area (Å²) in [4.78, 5) is 5.35. The van der Waals surface area contributed by atoms with E-state index in [9.17, 15) is 0 Å². The van der Waals surface area contributed by atoms with Crippen LogP contribution in [0.3, 0.4) is 0 Å². The minimum atomic E-state index is -0.436. The van der Waals surface area contributed by atoms with Crippen LogP contribution >= 0.6 is 0 Å². The van der Waals surface area contributed by atoms with Crippen LogP contribution in [0.4, 0.5) is 0 Å². The first-order valence-corrected chi connectivity index (χ1v) is 19.5. The van der Waals surface area contributed by atoms with Gasteiger partial charge in [-0.2, -0.15) is 0 Å². The third kappa shape index (κ3) is 5.08. The smallest absolute Gasteiger partial charge is 0.145 e. The summed E-state index contributed by atoms with van der Waals surface area (Å²) < 4.78 is 6.91. The average molecular weight is 719 g/mol. The van der Waals surface area contributed by atoms with E-state index in [2.05, 4.69) is 206 Å². The third-order valence-corrected chi connectivity index (χ3v) is 12.0. The van der Waals surface area contributed by atoms with Gasteiger partial charge in [-0.1, -0.05) is 182 Å². The number of hydrogen-bond acceptors (Lipinski definition) is 3. The standard InChI is InChI=1S/C53H38N2O/c1-3-16-35(17-4-1)40-22-7-8-25-43(40)49-34-48(54-52(55-49)36-18-5-2-6-19-36)39-21-15-20-37(32-39)38-30-31-47-51(33-38)56-50-29-14-13-28-46(50)53(47)44-26-11-9-23-41(44)42-24-10-12-27-45(42)53/h1-32,34,38,52,55H,33H2. The van der Waals surface area contributed by atoms with Crippen molar-refractivity contribution >= 4 is 11.4 Å². The van der Waals surface area contributed by atoms with Crippen LogP contribution in [0.1, 0.15) is 57.4 Å². The summed E-state index contributed by atoms with van der Waals surface area (Å²) in [6.07, 6.45) is 7.51. The van der Waals surface area contributed by atoms with Crippen molar-refractivity contribution in [2.45, 2.75) is 23.9 Å². The zero-order valence-electron chi connectivity index (χ0n) is 30.8. The first-order chi connectivity index (χ1) is 27.8. The predicted molar refractivity (Wildman–Crippen MR) is 228 cm³/mol. The van der Waals surface area contributed by atoms with Crippen LogP contribution in [0.25, 0.3) is 28.0 Å². The van der Waals surface area contributed by atoms with Gasteiger partial charge in [-0.15, -0.1) is 0 Å². The molecular formula is C53H38N2O. The Kier molecular flexibility index (Phi) is 7.60. The van der Waals surface area contributed by atoms with Crippen LogP contribution in [0, 0.1) is 0 Å². The van der Waals surface area contributed by atoms with Crippen LogP contribution < -0.4 is 10.1 Å². The number of rotatable bonds is 5. The topological polar surface area (TPSA) is 33.6 Å². The Morgan fingerprint density at radius 1 is 0.536 bits per heavy atom. The second kappa shape index (κ2) is 13.1. The van der Waals surface area contributed by atoms with E-state index in [-0.39, 0.29) is 12.1 Å². The molecule has 2 unspecified atom stereocenters. The molecule has 3 heteroatoms. The van der Waals surface area contributed by atoms with Gasteiger partial charge in [0.1, 0.15) is 17.7 Å². The van der Waals surface area contributed by atoms with Crippen molar-refractivity contribution in [3.63, 3.8) is 0 Å². The fraction of sp³-hybridized carbons (Fsp3) is 0.0755. The Balaban J connectivity index is 0.994. The van der Waals surface area contributed by atoms with Crippen molar-refractivity contribution in [1.82, 2.24) is 5.32 Å². The first-order valence-electron chi connectivity index (χ1n) is 19.5. The molecule has 1 N–H and O–H groups in total. The third-order valence-electron chi connectivity index (χ3n) is 12.0. The molecule has 11 rings (SSSR count). The molecule has 0 saturated carbocycles. The maximum absolute atomic E-state index is 6.91. The molecule has 4 aliphatic rings. The number of nitrogens with zero attached hydrogens (tertiary/aromatic N) is 1. The van der Waals surface area contributed by atoms with Gasteiger partial charge < -0.3 is 10.1 Å². The van der Waals surface area contributed by atoms with Gasteiger partial charge >= 0.3 is 0 Å². The van der Waals surface area contributed by atoms with Crippen molar-refractivity contribution < 1.29 is 4.74 Å². The molecular weight excluding hydrogens is 681 g/mol. The molecule has 0 amide bonds. The van der Waals surface area contributed by atoms with Crippen molar-refractivity contribution in [3.05, 3.63) is 250 Å². The number of benzene rings is 7. The molecule has 0 saturated heterocycles. The van der Waals surface area contributed by atoms with E-state index in [0.717, 1.165) is 46.0 Å². The van der Waals surface area contributed by atoms with E-state index < -0.39 is 5.41 Å². The molecule has 56 heavy (non-hydrogen) atoms. The van der Waals surface area contributed by atoms with Crippen LogP contribution in [-0.2, 0) is 5.41 Å². The van der Waals surface area contributed by atoms with Crippen molar-refractivity contribution in [1.29, 1.82) is 0 Å². The van der Waals surface area contributed by atoms with Gasteiger partial charge in [-0.25, -0.2) is 0 Å². The molecule has 2 aliphatic carbocycles. The molecule has 2 atom stereocenters. The van der Waals surface area contributed by atoms with Crippen LogP contribution in [0.2, 0.25) is 0 Å². The molecule has 7 aromatic carbocycles. The Morgan fingerprint density at radius 3 is 1.88 bits per heavy atom. The summed E-state index contributed by atoms with van der Waals surface area (Å²) in [6.45, 7) is 0. The van der Waals surface area contributed by atoms with E-state index in [1.165, 1.54) is 50.1 Å². The fourth-order valence-corrected chi connectivity index (χ4v) is 9.46. The lowest BCUT2D eigenvalue weighted by Gasteiger charge is -2.42.